The van der Waals surface area contributed by atoms with Gasteiger partial charge in [0, 0.05) is 24.2 Å². The first kappa shape index (κ1) is 16.3. The van der Waals surface area contributed by atoms with Gasteiger partial charge in [0.25, 0.3) is 11.8 Å². The Bertz CT molecular complexity index is 936. The van der Waals surface area contributed by atoms with Crippen molar-refractivity contribution in [3.05, 3.63) is 65.7 Å². The Morgan fingerprint density at radius 1 is 1.35 bits per heavy atom. The van der Waals surface area contributed by atoms with Gasteiger partial charge >= 0.3 is 0 Å². The molecule has 1 aliphatic rings. The molecule has 7 nitrogen and oxygen atoms in total. The Kier molecular flexibility index (Phi) is 4.16. The van der Waals surface area contributed by atoms with Crippen LogP contribution >= 0.6 is 0 Å². The zero-order chi connectivity index (χ0) is 18.1. The number of nitrogens with zero attached hydrogens (tertiary/aromatic N) is 4. The standard InChI is InChI=1S/C18H17FN4O3/c1-12-8-16(26-21-12)18(24)23-9-13-4-3-7-22(13)10-14(11-23)25-17-15(19)5-2-6-20-17/h2-8,14H,9-11H2,1H3. The molecule has 1 aliphatic heterocycles. The second-order valence-corrected chi connectivity index (χ2v) is 6.20. The summed E-state index contributed by atoms with van der Waals surface area (Å²) in [7, 11) is 0. The molecule has 0 N–H and O–H groups in total. The maximum atomic E-state index is 13.9. The molecule has 134 valence electrons. The Balaban J connectivity index is 1.61. The van der Waals surface area contributed by atoms with Crippen molar-refractivity contribution in [2.24, 2.45) is 0 Å². The minimum Gasteiger partial charge on any atom is -0.468 e. The number of hydrogen-bond acceptors (Lipinski definition) is 5. The predicted octanol–water partition coefficient (Wildman–Crippen LogP) is 2.42. The van der Waals surface area contributed by atoms with Crippen molar-refractivity contribution in [1.82, 2.24) is 19.6 Å². The molecule has 8 heteroatoms. The van der Waals surface area contributed by atoms with Gasteiger partial charge < -0.3 is 18.7 Å². The second kappa shape index (κ2) is 6.62. The summed E-state index contributed by atoms with van der Waals surface area (Å²) in [5, 5.41) is 3.77. The van der Waals surface area contributed by atoms with E-state index < -0.39 is 11.9 Å². The molecule has 0 radical (unpaired) electrons. The lowest BCUT2D eigenvalue weighted by molar-refractivity contribution is 0.0602. The van der Waals surface area contributed by atoms with Gasteiger partial charge in [-0.1, -0.05) is 5.16 Å². The first-order chi connectivity index (χ1) is 12.6. The number of carbonyl (C=O) groups is 1. The molecular weight excluding hydrogens is 339 g/mol. The van der Waals surface area contributed by atoms with Gasteiger partial charge in [0.05, 0.1) is 25.3 Å². The van der Waals surface area contributed by atoms with Crippen LogP contribution in [0.1, 0.15) is 21.9 Å². The third kappa shape index (κ3) is 3.17. The summed E-state index contributed by atoms with van der Waals surface area (Å²) in [5.41, 5.74) is 1.59. The summed E-state index contributed by atoms with van der Waals surface area (Å²) >= 11 is 0. The SMILES string of the molecule is Cc1cc(C(=O)N2Cc3cccn3CC(Oc3ncccc3F)C2)on1. The van der Waals surface area contributed by atoms with Crippen LogP contribution in [0.2, 0.25) is 0 Å². The number of halogens is 1. The summed E-state index contributed by atoms with van der Waals surface area (Å²) in [5.74, 6) is -0.718. The lowest BCUT2D eigenvalue weighted by Crippen LogP contribution is -2.38. The molecule has 26 heavy (non-hydrogen) atoms. The van der Waals surface area contributed by atoms with Crippen LogP contribution in [0, 0.1) is 12.7 Å². The number of carbonyl (C=O) groups excluding carboxylic acids is 1. The number of ether oxygens (including phenoxy) is 1. The van der Waals surface area contributed by atoms with E-state index in [1.807, 2.05) is 22.9 Å². The quantitative estimate of drug-likeness (QED) is 0.721. The van der Waals surface area contributed by atoms with Crippen LogP contribution in [0.15, 0.2) is 47.2 Å². The van der Waals surface area contributed by atoms with Gasteiger partial charge in [-0.25, -0.2) is 9.37 Å². The molecule has 4 rings (SSSR count). The highest BCUT2D eigenvalue weighted by Gasteiger charge is 2.29. The van der Waals surface area contributed by atoms with E-state index in [1.54, 1.807) is 17.9 Å². The summed E-state index contributed by atoms with van der Waals surface area (Å²) < 4.78 is 26.8. The summed E-state index contributed by atoms with van der Waals surface area (Å²) in [4.78, 5) is 18.4. The predicted molar refractivity (Wildman–Crippen MR) is 89.0 cm³/mol. The fourth-order valence-electron chi connectivity index (χ4n) is 3.02. The van der Waals surface area contributed by atoms with Gasteiger partial charge in [0.15, 0.2) is 5.82 Å². The van der Waals surface area contributed by atoms with E-state index in [2.05, 4.69) is 10.1 Å². The van der Waals surface area contributed by atoms with Crippen LogP contribution < -0.4 is 4.74 Å². The molecule has 0 aliphatic carbocycles. The van der Waals surface area contributed by atoms with E-state index in [0.29, 0.717) is 18.8 Å². The topological polar surface area (TPSA) is 73.4 Å². The summed E-state index contributed by atoms with van der Waals surface area (Å²) in [6.45, 7) is 2.91. The first-order valence-corrected chi connectivity index (χ1v) is 8.24. The number of aryl methyl sites for hydroxylation is 1. The largest absolute Gasteiger partial charge is 0.468 e. The Hall–Kier alpha value is -3.16. The van der Waals surface area contributed by atoms with Crippen LogP contribution in [0.3, 0.4) is 0 Å². The monoisotopic (exact) mass is 356 g/mol. The molecule has 3 aromatic rings. The van der Waals surface area contributed by atoms with E-state index in [1.165, 1.54) is 18.3 Å². The smallest absolute Gasteiger partial charge is 0.292 e. The van der Waals surface area contributed by atoms with Gasteiger partial charge in [0.1, 0.15) is 6.10 Å². The molecule has 0 bridgehead atoms. The fourth-order valence-corrected chi connectivity index (χ4v) is 3.02. The fraction of sp³-hybridized carbons (Fsp3) is 0.278. The average Bonchev–Trinajstić information content (AvgIpc) is 3.21. The molecule has 0 fully saturated rings. The Morgan fingerprint density at radius 3 is 3.00 bits per heavy atom. The highest BCUT2D eigenvalue weighted by atomic mass is 19.1. The third-order valence-corrected chi connectivity index (χ3v) is 4.23. The summed E-state index contributed by atoms with van der Waals surface area (Å²) in [6, 6.07) is 8.23. The van der Waals surface area contributed by atoms with Gasteiger partial charge in [-0.05, 0) is 31.2 Å². The van der Waals surface area contributed by atoms with Crippen molar-refractivity contribution in [2.75, 3.05) is 6.54 Å². The number of pyridine rings is 1. The molecule has 1 amide bonds. The second-order valence-electron chi connectivity index (χ2n) is 6.20. The zero-order valence-electron chi connectivity index (χ0n) is 14.1. The molecule has 0 aromatic carbocycles. The average molecular weight is 356 g/mol. The van der Waals surface area contributed by atoms with Gasteiger partial charge in [-0.3, -0.25) is 4.79 Å². The van der Waals surface area contributed by atoms with Crippen molar-refractivity contribution >= 4 is 5.91 Å². The van der Waals surface area contributed by atoms with Crippen molar-refractivity contribution in [3.8, 4) is 5.88 Å². The van der Waals surface area contributed by atoms with E-state index in [-0.39, 0.29) is 24.1 Å². The molecule has 1 atom stereocenters. The van der Waals surface area contributed by atoms with Crippen molar-refractivity contribution in [2.45, 2.75) is 26.1 Å². The first-order valence-electron chi connectivity index (χ1n) is 8.24. The molecule has 0 spiro atoms. The Labute approximate surface area is 149 Å². The molecule has 0 saturated heterocycles. The zero-order valence-corrected chi connectivity index (χ0v) is 14.1. The van der Waals surface area contributed by atoms with Crippen molar-refractivity contribution < 1.29 is 18.4 Å². The van der Waals surface area contributed by atoms with E-state index in [0.717, 1.165) is 5.69 Å². The van der Waals surface area contributed by atoms with Gasteiger partial charge in [-0.2, -0.15) is 0 Å². The van der Waals surface area contributed by atoms with E-state index >= 15 is 0 Å². The molecule has 4 heterocycles. The van der Waals surface area contributed by atoms with Crippen molar-refractivity contribution in [3.63, 3.8) is 0 Å². The van der Waals surface area contributed by atoms with E-state index in [4.69, 9.17) is 9.26 Å². The third-order valence-electron chi connectivity index (χ3n) is 4.23. The van der Waals surface area contributed by atoms with Crippen molar-refractivity contribution in [1.29, 1.82) is 0 Å². The minimum absolute atomic E-state index is 0.0731. The lowest BCUT2D eigenvalue weighted by Gasteiger charge is -2.23. The minimum atomic E-state index is -0.534. The van der Waals surface area contributed by atoms with Crippen LogP contribution in [0.4, 0.5) is 4.39 Å². The van der Waals surface area contributed by atoms with Crippen LogP contribution in [0.25, 0.3) is 0 Å². The molecule has 0 saturated carbocycles. The summed E-state index contributed by atoms with van der Waals surface area (Å²) in [6.07, 6.45) is 2.92. The molecular formula is C18H17FN4O3. The maximum absolute atomic E-state index is 13.9. The van der Waals surface area contributed by atoms with Crippen LogP contribution in [0.5, 0.6) is 5.88 Å². The number of rotatable bonds is 3. The van der Waals surface area contributed by atoms with Crippen LogP contribution in [-0.2, 0) is 13.1 Å². The number of amides is 1. The number of fused-ring (bicyclic) bond motifs is 1. The molecule has 3 aromatic heterocycles. The highest BCUT2D eigenvalue weighted by Crippen LogP contribution is 2.21. The van der Waals surface area contributed by atoms with Gasteiger partial charge in [0.2, 0.25) is 5.76 Å². The molecule has 1 unspecified atom stereocenters. The number of hydrogen-bond donors (Lipinski definition) is 0. The highest BCUT2D eigenvalue weighted by molar-refractivity contribution is 5.91. The Morgan fingerprint density at radius 2 is 2.23 bits per heavy atom. The van der Waals surface area contributed by atoms with Gasteiger partial charge in [-0.15, -0.1) is 0 Å². The number of aromatic nitrogens is 3. The normalized spacial score (nSPS) is 16.8. The van der Waals surface area contributed by atoms with Crippen LogP contribution in [-0.4, -0.2) is 38.2 Å². The lowest BCUT2D eigenvalue weighted by atomic mass is 10.2. The van der Waals surface area contributed by atoms with E-state index in [9.17, 15) is 9.18 Å². The maximum Gasteiger partial charge on any atom is 0.292 e.